The van der Waals surface area contributed by atoms with Gasteiger partial charge in [-0.15, -0.1) is 0 Å². The van der Waals surface area contributed by atoms with Crippen LogP contribution >= 0.6 is 0 Å². The van der Waals surface area contributed by atoms with Crippen LogP contribution in [0.15, 0.2) is 6.20 Å². The van der Waals surface area contributed by atoms with Crippen LogP contribution in [0, 0.1) is 0 Å². The fraction of sp³-hybridized carbons (Fsp3) is 0.375. The molecule has 1 aromatic heterocycles. The number of nitrogens with two attached hydrogens (primary N) is 2. The predicted molar refractivity (Wildman–Crippen MR) is 47.4 cm³/mol. The number of anilines is 1. The zero-order valence-corrected chi connectivity index (χ0v) is 7.37. The lowest BCUT2D eigenvalue weighted by molar-refractivity contribution is 0.146. The van der Waals surface area contributed by atoms with Crippen LogP contribution in [-0.4, -0.2) is 10.1 Å². The van der Waals surface area contributed by atoms with Crippen molar-refractivity contribution in [2.75, 3.05) is 5.73 Å². The first-order valence-corrected chi connectivity index (χ1v) is 3.97. The molecular formula is C8H11F2N3O. The van der Waals surface area contributed by atoms with E-state index in [-0.39, 0.29) is 17.8 Å². The first-order chi connectivity index (χ1) is 6.61. The second-order valence-corrected chi connectivity index (χ2v) is 2.72. The third-order valence-electron chi connectivity index (χ3n) is 1.93. The zero-order chi connectivity index (χ0) is 10.7. The third kappa shape index (κ3) is 1.80. The van der Waals surface area contributed by atoms with E-state index in [1.165, 1.54) is 6.20 Å². The van der Waals surface area contributed by atoms with Gasteiger partial charge >= 0.3 is 0 Å². The Hall–Kier alpha value is -1.27. The highest BCUT2D eigenvalue weighted by molar-refractivity contribution is 5.54. The van der Waals surface area contributed by atoms with Crippen molar-refractivity contribution in [3.63, 3.8) is 0 Å². The molecular weight excluding hydrogens is 192 g/mol. The maximum Gasteiger partial charge on any atom is 0.282 e. The summed E-state index contributed by atoms with van der Waals surface area (Å²) < 4.78 is 24.6. The van der Waals surface area contributed by atoms with Gasteiger partial charge in [0.25, 0.3) is 6.43 Å². The summed E-state index contributed by atoms with van der Waals surface area (Å²) in [5.74, 6) is 0. The number of halogens is 2. The second kappa shape index (κ2) is 4.30. The van der Waals surface area contributed by atoms with Crippen molar-refractivity contribution in [3.05, 3.63) is 23.0 Å². The number of nitrogens with zero attached hydrogens (tertiary/aromatic N) is 1. The topological polar surface area (TPSA) is 85.2 Å². The Bertz CT molecular complexity index is 331. The Morgan fingerprint density at radius 3 is 2.57 bits per heavy atom. The molecule has 14 heavy (non-hydrogen) atoms. The molecule has 0 fully saturated rings. The van der Waals surface area contributed by atoms with E-state index in [1.54, 1.807) is 0 Å². The van der Waals surface area contributed by atoms with Gasteiger partial charge in [0.15, 0.2) is 0 Å². The Morgan fingerprint density at radius 2 is 2.14 bits per heavy atom. The molecule has 0 atom stereocenters. The lowest BCUT2D eigenvalue weighted by Crippen LogP contribution is -2.09. The van der Waals surface area contributed by atoms with Crippen LogP contribution < -0.4 is 11.5 Å². The van der Waals surface area contributed by atoms with Gasteiger partial charge in [-0.2, -0.15) is 0 Å². The van der Waals surface area contributed by atoms with Crippen LogP contribution in [0.5, 0.6) is 0 Å². The molecule has 0 unspecified atom stereocenters. The smallest absolute Gasteiger partial charge is 0.282 e. The summed E-state index contributed by atoms with van der Waals surface area (Å²) in [6, 6.07) is 0. The molecule has 1 heterocycles. The monoisotopic (exact) mass is 203 g/mol. The molecule has 0 saturated carbocycles. The highest BCUT2D eigenvalue weighted by atomic mass is 19.3. The molecule has 78 valence electrons. The van der Waals surface area contributed by atoms with E-state index in [4.69, 9.17) is 16.6 Å². The molecule has 0 aliphatic carbocycles. The average molecular weight is 203 g/mol. The van der Waals surface area contributed by atoms with E-state index in [2.05, 4.69) is 4.98 Å². The van der Waals surface area contributed by atoms with Gasteiger partial charge in [-0.1, -0.05) is 0 Å². The largest absolute Gasteiger partial charge is 0.397 e. The number of hydrogen-bond acceptors (Lipinski definition) is 4. The van der Waals surface area contributed by atoms with E-state index in [0.29, 0.717) is 5.56 Å². The summed E-state index contributed by atoms with van der Waals surface area (Å²) >= 11 is 0. The number of rotatable bonds is 3. The first kappa shape index (κ1) is 10.8. The first-order valence-electron chi connectivity index (χ1n) is 3.97. The number of pyridine rings is 1. The Balaban J connectivity index is 3.27. The van der Waals surface area contributed by atoms with E-state index in [0.717, 1.165) is 0 Å². The minimum absolute atomic E-state index is 0.108. The van der Waals surface area contributed by atoms with Gasteiger partial charge in [-0.05, 0) is 5.56 Å². The van der Waals surface area contributed by atoms with Gasteiger partial charge < -0.3 is 16.6 Å². The lowest BCUT2D eigenvalue weighted by Gasteiger charge is -2.11. The molecule has 0 aromatic carbocycles. The van der Waals surface area contributed by atoms with Gasteiger partial charge in [0, 0.05) is 18.3 Å². The van der Waals surface area contributed by atoms with Crippen molar-refractivity contribution in [1.82, 2.24) is 4.98 Å². The molecule has 1 aromatic rings. The Kier molecular flexibility index (Phi) is 3.32. The zero-order valence-electron chi connectivity index (χ0n) is 7.37. The summed E-state index contributed by atoms with van der Waals surface area (Å²) in [5, 5.41) is 8.93. The van der Waals surface area contributed by atoms with E-state index >= 15 is 0 Å². The van der Waals surface area contributed by atoms with Crippen molar-refractivity contribution in [2.24, 2.45) is 5.73 Å². The van der Waals surface area contributed by atoms with Crippen LogP contribution in [0.1, 0.15) is 23.2 Å². The molecule has 0 aliphatic heterocycles. The van der Waals surface area contributed by atoms with E-state index in [9.17, 15) is 8.78 Å². The third-order valence-corrected chi connectivity index (χ3v) is 1.93. The lowest BCUT2D eigenvalue weighted by atomic mass is 10.1. The molecule has 0 radical (unpaired) electrons. The summed E-state index contributed by atoms with van der Waals surface area (Å²) in [5.41, 5.74) is 10.8. The van der Waals surface area contributed by atoms with Crippen LogP contribution in [0.3, 0.4) is 0 Å². The van der Waals surface area contributed by atoms with Crippen molar-refractivity contribution in [3.8, 4) is 0 Å². The van der Waals surface area contributed by atoms with Gasteiger partial charge in [-0.3, -0.25) is 4.98 Å². The number of aromatic nitrogens is 1. The predicted octanol–water partition coefficient (Wildman–Crippen LogP) is 0.552. The molecule has 0 spiro atoms. The van der Waals surface area contributed by atoms with Crippen molar-refractivity contribution in [2.45, 2.75) is 19.6 Å². The number of alkyl halides is 2. The van der Waals surface area contributed by atoms with Crippen molar-refractivity contribution >= 4 is 5.69 Å². The SMILES string of the molecule is NCc1cnc(C(F)F)c(N)c1CO. The minimum atomic E-state index is -2.74. The minimum Gasteiger partial charge on any atom is -0.397 e. The maximum atomic E-state index is 12.3. The summed E-state index contributed by atoms with van der Waals surface area (Å²) in [4.78, 5) is 3.49. The number of hydrogen-bond donors (Lipinski definition) is 3. The fourth-order valence-electron chi connectivity index (χ4n) is 1.16. The van der Waals surface area contributed by atoms with Gasteiger partial charge in [0.2, 0.25) is 0 Å². The van der Waals surface area contributed by atoms with Gasteiger partial charge in [0.05, 0.1) is 12.3 Å². The normalized spacial score (nSPS) is 10.9. The van der Waals surface area contributed by atoms with E-state index in [1.807, 2.05) is 0 Å². The maximum absolute atomic E-state index is 12.3. The molecule has 0 amide bonds. The second-order valence-electron chi connectivity index (χ2n) is 2.72. The highest BCUT2D eigenvalue weighted by Crippen LogP contribution is 2.27. The highest BCUT2D eigenvalue weighted by Gasteiger charge is 2.17. The standard InChI is InChI=1S/C8H11F2N3O/c9-8(10)7-6(12)5(3-14)4(1-11)2-13-7/h2,8,14H,1,3,11-12H2. The Morgan fingerprint density at radius 1 is 1.50 bits per heavy atom. The van der Waals surface area contributed by atoms with Crippen LogP contribution in [-0.2, 0) is 13.2 Å². The van der Waals surface area contributed by atoms with Gasteiger partial charge in [-0.25, -0.2) is 8.78 Å². The molecule has 0 bridgehead atoms. The molecule has 0 aliphatic rings. The number of nitrogen functional groups attached to an aromatic ring is 1. The van der Waals surface area contributed by atoms with Crippen molar-refractivity contribution < 1.29 is 13.9 Å². The summed E-state index contributed by atoms with van der Waals surface area (Å²) in [6.45, 7) is -0.308. The van der Waals surface area contributed by atoms with Gasteiger partial charge in [0.1, 0.15) is 5.69 Å². The number of aliphatic hydroxyl groups is 1. The fourth-order valence-corrected chi connectivity index (χ4v) is 1.16. The summed E-state index contributed by atoms with van der Waals surface area (Å²) in [7, 11) is 0. The quantitative estimate of drug-likeness (QED) is 0.669. The average Bonchev–Trinajstić information content (AvgIpc) is 2.16. The molecule has 4 nitrogen and oxygen atoms in total. The van der Waals surface area contributed by atoms with Crippen molar-refractivity contribution in [1.29, 1.82) is 0 Å². The summed E-state index contributed by atoms with van der Waals surface area (Å²) in [6.07, 6.45) is -1.53. The van der Waals surface area contributed by atoms with Crippen LogP contribution in [0.25, 0.3) is 0 Å². The molecule has 6 heteroatoms. The molecule has 1 rings (SSSR count). The molecule has 0 saturated heterocycles. The van der Waals surface area contributed by atoms with Crippen LogP contribution in [0.2, 0.25) is 0 Å². The van der Waals surface area contributed by atoms with Crippen LogP contribution in [0.4, 0.5) is 14.5 Å². The van der Waals surface area contributed by atoms with E-state index < -0.39 is 18.7 Å². The number of aliphatic hydroxyl groups excluding tert-OH is 1. The molecule has 5 N–H and O–H groups in total. The Labute approximate surface area is 79.6 Å².